The first-order chi connectivity index (χ1) is 11.2. The number of nitrogens with one attached hydrogen (secondary N) is 2. The summed E-state index contributed by atoms with van der Waals surface area (Å²) in [6, 6.07) is 9.94. The standard InChI is InChI=1S/C18H17N3OS/c1-11-4-5-13-14(9-20-15(13)7-11)17(22)16-10-23-18(21-16)12-3-2-6-19-8-12/h2-9,16,18,20-21H,10H2,1H3/t16-,18?/m0/s1. The van der Waals surface area contributed by atoms with Gasteiger partial charge in [-0.1, -0.05) is 18.2 Å². The van der Waals surface area contributed by atoms with Gasteiger partial charge in [0.05, 0.1) is 11.4 Å². The maximum Gasteiger partial charge on any atom is 0.182 e. The van der Waals surface area contributed by atoms with Crippen LogP contribution in [0, 0.1) is 6.92 Å². The fourth-order valence-electron chi connectivity index (χ4n) is 2.98. The summed E-state index contributed by atoms with van der Waals surface area (Å²) in [6.07, 6.45) is 5.45. The van der Waals surface area contributed by atoms with Crippen molar-refractivity contribution >= 4 is 28.4 Å². The van der Waals surface area contributed by atoms with Gasteiger partial charge >= 0.3 is 0 Å². The van der Waals surface area contributed by atoms with Gasteiger partial charge in [0.25, 0.3) is 0 Å². The Morgan fingerprint density at radius 3 is 3.09 bits per heavy atom. The molecule has 3 aromatic rings. The van der Waals surface area contributed by atoms with Gasteiger partial charge in [-0.05, 0) is 30.2 Å². The summed E-state index contributed by atoms with van der Waals surface area (Å²) < 4.78 is 0. The number of H-pyrrole nitrogens is 1. The summed E-state index contributed by atoms with van der Waals surface area (Å²) in [4.78, 5) is 20.2. The third kappa shape index (κ3) is 2.66. The molecule has 23 heavy (non-hydrogen) atoms. The van der Waals surface area contributed by atoms with E-state index >= 15 is 0 Å². The van der Waals surface area contributed by atoms with Crippen molar-refractivity contribution in [2.45, 2.75) is 18.3 Å². The molecule has 2 atom stereocenters. The molecule has 4 rings (SSSR count). The van der Waals surface area contributed by atoms with Crippen LogP contribution in [0.4, 0.5) is 0 Å². The zero-order valence-electron chi connectivity index (χ0n) is 12.7. The van der Waals surface area contributed by atoms with E-state index in [1.807, 2.05) is 36.7 Å². The molecule has 2 aromatic heterocycles. The van der Waals surface area contributed by atoms with Crippen molar-refractivity contribution in [3.8, 4) is 0 Å². The average molecular weight is 323 g/mol. The number of benzene rings is 1. The zero-order valence-corrected chi connectivity index (χ0v) is 13.6. The van der Waals surface area contributed by atoms with Crippen LogP contribution in [0.2, 0.25) is 0 Å². The highest BCUT2D eigenvalue weighted by molar-refractivity contribution is 7.99. The Morgan fingerprint density at radius 2 is 2.26 bits per heavy atom. The smallest absolute Gasteiger partial charge is 0.182 e. The normalized spacial score (nSPS) is 20.9. The van der Waals surface area contributed by atoms with Crippen LogP contribution in [0.3, 0.4) is 0 Å². The Bertz CT molecular complexity index is 859. The Morgan fingerprint density at radius 1 is 1.35 bits per heavy atom. The minimum Gasteiger partial charge on any atom is -0.360 e. The van der Waals surface area contributed by atoms with Crippen molar-refractivity contribution in [1.29, 1.82) is 0 Å². The Labute approximate surface area is 138 Å². The number of carbonyl (C=O) groups excluding carboxylic acids is 1. The van der Waals surface area contributed by atoms with Crippen LogP contribution in [0.1, 0.15) is 26.9 Å². The van der Waals surface area contributed by atoms with Gasteiger partial charge in [-0.15, -0.1) is 11.8 Å². The van der Waals surface area contributed by atoms with Crippen molar-refractivity contribution in [2.24, 2.45) is 0 Å². The van der Waals surface area contributed by atoms with Gasteiger partial charge in [-0.3, -0.25) is 15.1 Å². The molecule has 0 saturated carbocycles. The number of hydrogen-bond donors (Lipinski definition) is 2. The number of ketones is 1. The van der Waals surface area contributed by atoms with Crippen LogP contribution in [0.5, 0.6) is 0 Å². The number of Topliss-reactive ketones (excluding diaryl/α,β-unsaturated/α-hetero) is 1. The van der Waals surface area contributed by atoms with E-state index in [4.69, 9.17) is 0 Å². The number of hydrogen-bond acceptors (Lipinski definition) is 4. The topological polar surface area (TPSA) is 57.8 Å². The number of nitrogens with zero attached hydrogens (tertiary/aromatic N) is 1. The van der Waals surface area contributed by atoms with Crippen LogP contribution in [0.15, 0.2) is 48.9 Å². The van der Waals surface area contributed by atoms with Gasteiger partial charge < -0.3 is 4.98 Å². The molecule has 116 valence electrons. The Hall–Kier alpha value is -2.11. The third-order valence-corrected chi connectivity index (χ3v) is 5.46. The first-order valence-corrected chi connectivity index (χ1v) is 8.67. The fraction of sp³-hybridized carbons (Fsp3) is 0.222. The summed E-state index contributed by atoms with van der Waals surface area (Å²) in [7, 11) is 0. The quantitative estimate of drug-likeness (QED) is 0.725. The Kier molecular flexibility index (Phi) is 3.67. The molecule has 1 aromatic carbocycles. The summed E-state index contributed by atoms with van der Waals surface area (Å²) in [5.74, 6) is 0.927. The van der Waals surface area contributed by atoms with Gasteiger partial charge in [0.2, 0.25) is 0 Å². The predicted molar refractivity (Wildman–Crippen MR) is 93.7 cm³/mol. The van der Waals surface area contributed by atoms with E-state index in [1.165, 1.54) is 5.56 Å². The second kappa shape index (κ2) is 5.83. The molecule has 1 fully saturated rings. The van der Waals surface area contributed by atoms with Crippen molar-refractivity contribution < 1.29 is 4.79 Å². The van der Waals surface area contributed by atoms with E-state index in [9.17, 15) is 4.79 Å². The molecule has 1 saturated heterocycles. The molecular weight excluding hydrogens is 306 g/mol. The molecule has 5 heteroatoms. The number of aryl methyl sites for hydroxylation is 1. The molecule has 0 aliphatic carbocycles. The highest BCUT2D eigenvalue weighted by Crippen LogP contribution is 2.34. The van der Waals surface area contributed by atoms with Gasteiger partial charge in [0, 0.05) is 40.8 Å². The average Bonchev–Trinajstić information content (AvgIpc) is 3.22. The van der Waals surface area contributed by atoms with E-state index < -0.39 is 0 Å². The van der Waals surface area contributed by atoms with Crippen molar-refractivity contribution in [2.75, 3.05) is 5.75 Å². The second-order valence-corrected chi connectivity index (χ2v) is 6.97. The lowest BCUT2D eigenvalue weighted by atomic mass is 10.0. The van der Waals surface area contributed by atoms with Crippen LogP contribution >= 0.6 is 11.8 Å². The van der Waals surface area contributed by atoms with E-state index in [-0.39, 0.29) is 17.2 Å². The Balaban J connectivity index is 1.57. The third-order valence-electron chi connectivity index (χ3n) is 4.19. The van der Waals surface area contributed by atoms with Gasteiger partial charge in [0.1, 0.15) is 0 Å². The first kappa shape index (κ1) is 14.5. The number of fused-ring (bicyclic) bond motifs is 1. The van der Waals surface area contributed by atoms with Crippen LogP contribution in [0.25, 0.3) is 10.9 Å². The molecule has 0 amide bonds. The van der Waals surface area contributed by atoms with Gasteiger partial charge in [-0.2, -0.15) is 0 Å². The van der Waals surface area contributed by atoms with Crippen LogP contribution in [-0.4, -0.2) is 27.5 Å². The van der Waals surface area contributed by atoms with E-state index in [0.717, 1.165) is 27.8 Å². The lowest BCUT2D eigenvalue weighted by molar-refractivity contribution is 0.0957. The SMILES string of the molecule is Cc1ccc2c(C(=O)[C@@H]3CSC(c4cccnc4)N3)c[nH]c2c1. The van der Waals surface area contributed by atoms with Crippen molar-refractivity contribution in [3.63, 3.8) is 0 Å². The highest BCUT2D eigenvalue weighted by atomic mass is 32.2. The number of pyridine rings is 1. The molecule has 4 nitrogen and oxygen atoms in total. The minimum atomic E-state index is -0.162. The monoisotopic (exact) mass is 323 g/mol. The van der Waals surface area contributed by atoms with E-state index in [1.54, 1.807) is 18.0 Å². The number of rotatable bonds is 3. The largest absolute Gasteiger partial charge is 0.360 e. The highest BCUT2D eigenvalue weighted by Gasteiger charge is 2.32. The molecule has 0 radical (unpaired) electrons. The lowest BCUT2D eigenvalue weighted by Gasteiger charge is -2.12. The van der Waals surface area contributed by atoms with Gasteiger partial charge in [-0.25, -0.2) is 0 Å². The molecule has 2 N–H and O–H groups in total. The summed E-state index contributed by atoms with van der Waals surface area (Å²) >= 11 is 1.75. The van der Waals surface area contributed by atoms with E-state index in [2.05, 4.69) is 28.3 Å². The first-order valence-electron chi connectivity index (χ1n) is 7.62. The molecule has 0 spiro atoms. The van der Waals surface area contributed by atoms with Crippen molar-refractivity contribution in [3.05, 3.63) is 65.6 Å². The second-order valence-electron chi connectivity index (χ2n) is 5.83. The van der Waals surface area contributed by atoms with Crippen LogP contribution < -0.4 is 5.32 Å². The number of aromatic amines is 1. The number of thioether (sulfide) groups is 1. The molecular formula is C18H17N3OS. The number of aromatic nitrogens is 2. The maximum absolute atomic E-state index is 12.9. The predicted octanol–water partition coefficient (Wildman–Crippen LogP) is 3.46. The van der Waals surface area contributed by atoms with E-state index in [0.29, 0.717) is 0 Å². The van der Waals surface area contributed by atoms with Crippen molar-refractivity contribution in [1.82, 2.24) is 15.3 Å². The molecule has 0 bridgehead atoms. The zero-order chi connectivity index (χ0) is 15.8. The summed E-state index contributed by atoms with van der Waals surface area (Å²) in [5.41, 5.74) is 4.08. The molecule has 1 unspecified atom stereocenters. The summed E-state index contributed by atoms with van der Waals surface area (Å²) in [5, 5.41) is 4.56. The summed E-state index contributed by atoms with van der Waals surface area (Å²) in [6.45, 7) is 2.05. The van der Waals surface area contributed by atoms with Gasteiger partial charge in [0.15, 0.2) is 5.78 Å². The number of carbonyl (C=O) groups is 1. The molecule has 1 aliphatic heterocycles. The molecule has 3 heterocycles. The van der Waals surface area contributed by atoms with Crippen LogP contribution in [-0.2, 0) is 0 Å². The minimum absolute atomic E-state index is 0.130. The maximum atomic E-state index is 12.9. The lowest BCUT2D eigenvalue weighted by Crippen LogP contribution is -2.34. The fourth-order valence-corrected chi connectivity index (χ4v) is 4.20. The molecule has 1 aliphatic rings.